The minimum absolute atomic E-state index is 0.587. The second-order valence-electron chi connectivity index (χ2n) is 14.4. The van der Waals surface area contributed by atoms with Gasteiger partial charge in [0.2, 0.25) is 0 Å². The molecular weight excluding hydrogens is 701 g/mol. The highest BCUT2D eigenvalue weighted by atomic mass is 16.3. The number of hydrogen-bond donors (Lipinski definition) is 0. The first-order valence-corrected chi connectivity index (χ1v) is 19.0. The van der Waals surface area contributed by atoms with E-state index in [9.17, 15) is 0 Å². The second kappa shape index (κ2) is 12.3. The number of aromatic nitrogens is 4. The molecule has 12 aromatic rings. The van der Waals surface area contributed by atoms with Crippen LogP contribution in [-0.2, 0) is 0 Å². The Bertz CT molecular complexity index is 3540. The molecule has 57 heavy (non-hydrogen) atoms. The first-order chi connectivity index (χ1) is 28.2. The fourth-order valence-electron chi connectivity index (χ4n) is 8.42. The highest BCUT2D eigenvalue weighted by Crippen LogP contribution is 2.39. The number of benzene rings is 8. The molecule has 12 rings (SSSR count). The lowest BCUT2D eigenvalue weighted by Gasteiger charge is -2.12. The highest BCUT2D eigenvalue weighted by molar-refractivity contribution is 6.12. The van der Waals surface area contributed by atoms with Crippen molar-refractivity contribution in [3.8, 4) is 51.0 Å². The zero-order chi connectivity index (χ0) is 37.5. The van der Waals surface area contributed by atoms with Gasteiger partial charge < -0.3 is 13.4 Å². The van der Waals surface area contributed by atoms with Gasteiger partial charge in [0.15, 0.2) is 17.5 Å². The van der Waals surface area contributed by atoms with Gasteiger partial charge in [0.1, 0.15) is 22.3 Å². The molecule has 6 nitrogen and oxygen atoms in total. The van der Waals surface area contributed by atoms with Crippen molar-refractivity contribution in [2.45, 2.75) is 0 Å². The number of nitrogens with zero attached hydrogens (tertiary/aromatic N) is 4. The van der Waals surface area contributed by atoms with Crippen LogP contribution in [0.15, 0.2) is 191 Å². The molecule has 6 heteroatoms. The molecule has 0 aliphatic carbocycles. The minimum atomic E-state index is 0.587. The lowest BCUT2D eigenvalue weighted by molar-refractivity contribution is 0.668. The number of para-hydroxylation sites is 3. The normalized spacial score (nSPS) is 11.9. The average Bonchev–Trinajstić information content (AvgIpc) is 3.95. The molecule has 0 saturated heterocycles. The van der Waals surface area contributed by atoms with Gasteiger partial charge >= 0.3 is 0 Å². The molecule has 0 saturated carbocycles. The van der Waals surface area contributed by atoms with Gasteiger partial charge in [0.05, 0.1) is 11.0 Å². The molecule has 0 bridgehead atoms. The van der Waals surface area contributed by atoms with E-state index in [-0.39, 0.29) is 0 Å². The van der Waals surface area contributed by atoms with E-state index in [4.69, 9.17) is 23.8 Å². The largest absolute Gasteiger partial charge is 0.456 e. The summed E-state index contributed by atoms with van der Waals surface area (Å²) in [5.74, 6) is 1.78. The predicted molar refractivity (Wildman–Crippen MR) is 230 cm³/mol. The van der Waals surface area contributed by atoms with Crippen LogP contribution >= 0.6 is 0 Å². The van der Waals surface area contributed by atoms with Gasteiger partial charge in [-0.25, -0.2) is 15.0 Å². The number of rotatable bonds is 5. The molecule has 0 fully saturated rings. The van der Waals surface area contributed by atoms with Crippen LogP contribution in [0.3, 0.4) is 0 Å². The molecule has 0 N–H and O–H groups in total. The molecule has 0 radical (unpaired) electrons. The van der Waals surface area contributed by atoms with Crippen LogP contribution in [0, 0.1) is 0 Å². The lowest BCUT2D eigenvalue weighted by atomic mass is 10.0. The summed E-state index contributed by atoms with van der Waals surface area (Å²) >= 11 is 0. The summed E-state index contributed by atoms with van der Waals surface area (Å²) < 4.78 is 14.9. The van der Waals surface area contributed by atoms with Crippen molar-refractivity contribution in [3.63, 3.8) is 0 Å². The van der Waals surface area contributed by atoms with Crippen LogP contribution < -0.4 is 0 Å². The monoisotopic (exact) mass is 730 g/mol. The molecule has 4 aromatic heterocycles. The first kappa shape index (κ1) is 31.5. The fourth-order valence-corrected chi connectivity index (χ4v) is 8.42. The van der Waals surface area contributed by atoms with Crippen molar-refractivity contribution in [3.05, 3.63) is 182 Å². The van der Waals surface area contributed by atoms with E-state index in [1.165, 1.54) is 10.8 Å². The summed E-state index contributed by atoms with van der Waals surface area (Å²) in [6, 6.07) is 62.8. The van der Waals surface area contributed by atoms with Crippen molar-refractivity contribution < 1.29 is 8.83 Å². The lowest BCUT2D eigenvalue weighted by Crippen LogP contribution is -2.01. The first-order valence-electron chi connectivity index (χ1n) is 19.0. The Hall–Kier alpha value is -7.83. The van der Waals surface area contributed by atoms with Gasteiger partial charge in [-0.2, -0.15) is 0 Å². The fraction of sp³-hybridized carbons (Fsp3) is 0. The zero-order valence-electron chi connectivity index (χ0n) is 30.4. The maximum atomic E-state index is 6.28. The van der Waals surface area contributed by atoms with Crippen molar-refractivity contribution in [1.29, 1.82) is 0 Å². The summed E-state index contributed by atoms with van der Waals surface area (Å²) in [5.41, 5.74) is 11.5. The van der Waals surface area contributed by atoms with Gasteiger partial charge in [0.25, 0.3) is 0 Å². The van der Waals surface area contributed by atoms with Crippen molar-refractivity contribution in [1.82, 2.24) is 19.5 Å². The minimum Gasteiger partial charge on any atom is -0.456 e. The van der Waals surface area contributed by atoms with Crippen molar-refractivity contribution in [2.75, 3.05) is 0 Å². The average molecular weight is 731 g/mol. The summed E-state index contributed by atoms with van der Waals surface area (Å²) in [5, 5.41) is 6.62. The Morgan fingerprint density at radius 2 is 0.912 bits per heavy atom. The van der Waals surface area contributed by atoms with E-state index < -0.39 is 0 Å². The summed E-state index contributed by atoms with van der Waals surface area (Å²) in [6.07, 6.45) is 0. The standard InChI is InChI=1S/C51H30N4O2/c1-2-12-31(13-3-1)49-52-50(54-51(53-49)41-19-11-23-46-48(41)40-18-6-9-22-45(40)56-46)34-14-10-15-35(28-34)55-42-20-7-4-16-36(42)37-26-24-32(29-43(37)55)33-25-27-39-38-17-5-8-21-44(38)57-47(39)30-33/h1-30H. The Morgan fingerprint density at radius 3 is 1.77 bits per heavy atom. The van der Waals surface area contributed by atoms with Crippen molar-refractivity contribution >= 4 is 65.7 Å². The Kier molecular flexibility index (Phi) is 6.83. The van der Waals surface area contributed by atoms with Crippen LogP contribution in [0.1, 0.15) is 0 Å². The molecule has 0 unspecified atom stereocenters. The summed E-state index contributed by atoms with van der Waals surface area (Å²) in [6.45, 7) is 0. The van der Waals surface area contributed by atoms with Gasteiger partial charge in [-0.1, -0.05) is 127 Å². The summed E-state index contributed by atoms with van der Waals surface area (Å²) in [7, 11) is 0. The van der Waals surface area contributed by atoms with E-state index in [0.29, 0.717) is 17.5 Å². The molecular formula is C51H30N4O2. The van der Waals surface area contributed by atoms with Gasteiger partial charge in [0, 0.05) is 54.7 Å². The zero-order valence-corrected chi connectivity index (χ0v) is 30.4. The molecule has 0 spiro atoms. The maximum Gasteiger partial charge on any atom is 0.164 e. The van der Waals surface area contributed by atoms with Gasteiger partial charge in [-0.05, 0) is 65.7 Å². The van der Waals surface area contributed by atoms with E-state index in [1.807, 2.05) is 72.8 Å². The summed E-state index contributed by atoms with van der Waals surface area (Å²) in [4.78, 5) is 15.4. The number of furan rings is 2. The second-order valence-corrected chi connectivity index (χ2v) is 14.4. The number of fused-ring (bicyclic) bond motifs is 9. The smallest absolute Gasteiger partial charge is 0.164 e. The Labute approximate surface area is 325 Å². The molecule has 0 aliphatic heterocycles. The topological polar surface area (TPSA) is 69.9 Å². The van der Waals surface area contributed by atoms with E-state index in [0.717, 1.165) is 88.4 Å². The van der Waals surface area contributed by atoms with Crippen LogP contribution in [0.4, 0.5) is 0 Å². The molecule has 266 valence electrons. The molecule has 0 amide bonds. The maximum absolute atomic E-state index is 6.28. The molecule has 8 aromatic carbocycles. The Balaban J connectivity index is 1.04. The molecule has 4 heterocycles. The quantitative estimate of drug-likeness (QED) is 0.176. The third-order valence-electron chi connectivity index (χ3n) is 11.1. The molecule has 0 aliphatic rings. The van der Waals surface area contributed by atoms with Crippen LogP contribution in [0.5, 0.6) is 0 Å². The Morgan fingerprint density at radius 1 is 0.333 bits per heavy atom. The van der Waals surface area contributed by atoms with Gasteiger partial charge in [-0.15, -0.1) is 0 Å². The van der Waals surface area contributed by atoms with E-state index >= 15 is 0 Å². The van der Waals surface area contributed by atoms with Crippen LogP contribution in [0.25, 0.3) is 117 Å². The third-order valence-corrected chi connectivity index (χ3v) is 11.1. The SMILES string of the molecule is c1ccc(-c2nc(-c3cccc(-n4c5ccccc5c5ccc(-c6ccc7c(c6)oc6ccccc67)cc54)c3)nc(-c3cccc4oc5ccccc5c34)n2)cc1. The third kappa shape index (κ3) is 5.01. The van der Waals surface area contributed by atoms with Crippen LogP contribution in [-0.4, -0.2) is 19.5 Å². The van der Waals surface area contributed by atoms with Crippen LogP contribution in [0.2, 0.25) is 0 Å². The van der Waals surface area contributed by atoms with Crippen molar-refractivity contribution in [2.24, 2.45) is 0 Å². The van der Waals surface area contributed by atoms with E-state index in [1.54, 1.807) is 0 Å². The molecule has 0 atom stereocenters. The highest BCUT2D eigenvalue weighted by Gasteiger charge is 2.19. The van der Waals surface area contributed by atoms with Gasteiger partial charge in [-0.3, -0.25) is 0 Å². The van der Waals surface area contributed by atoms with E-state index in [2.05, 4.69) is 114 Å². The predicted octanol–water partition coefficient (Wildman–Crippen LogP) is 13.4. The number of hydrogen-bond acceptors (Lipinski definition) is 5.